The van der Waals surface area contributed by atoms with Gasteiger partial charge in [-0.2, -0.15) is 0 Å². The van der Waals surface area contributed by atoms with Crippen LogP contribution in [0, 0.1) is 5.41 Å². The summed E-state index contributed by atoms with van der Waals surface area (Å²) in [6.45, 7) is 5.98. The number of rotatable bonds is 3. The van der Waals surface area contributed by atoms with Gasteiger partial charge in [0, 0.05) is 4.47 Å². The molecule has 88 valence electrons. The van der Waals surface area contributed by atoms with Crippen LogP contribution in [0.5, 0.6) is 0 Å². The molecule has 0 spiro atoms. The van der Waals surface area contributed by atoms with Gasteiger partial charge < -0.3 is 4.84 Å². The Morgan fingerprint density at radius 2 is 1.88 bits per heavy atom. The first kappa shape index (κ1) is 13.0. The number of anilines is 1. The van der Waals surface area contributed by atoms with E-state index in [0.717, 1.165) is 10.2 Å². The summed E-state index contributed by atoms with van der Waals surface area (Å²) >= 11 is 3.33. The van der Waals surface area contributed by atoms with Gasteiger partial charge in [-0.1, -0.05) is 36.7 Å². The van der Waals surface area contributed by atoms with E-state index in [-0.39, 0.29) is 11.4 Å². The maximum Gasteiger partial charge on any atom is 0.332 e. The van der Waals surface area contributed by atoms with Crippen molar-refractivity contribution in [2.24, 2.45) is 5.41 Å². The number of hydrogen-bond acceptors (Lipinski definition) is 3. The lowest BCUT2D eigenvalue weighted by Crippen LogP contribution is -2.18. The molecule has 1 rings (SSSR count). The fourth-order valence-corrected chi connectivity index (χ4v) is 1.37. The molecule has 1 aromatic rings. The molecule has 1 aromatic carbocycles. The van der Waals surface area contributed by atoms with Crippen LogP contribution in [0.4, 0.5) is 5.69 Å². The number of benzene rings is 1. The molecule has 0 heterocycles. The van der Waals surface area contributed by atoms with Gasteiger partial charge in [0.1, 0.15) is 0 Å². The number of halogens is 1. The highest BCUT2D eigenvalue weighted by Gasteiger charge is 2.17. The zero-order valence-corrected chi connectivity index (χ0v) is 11.3. The van der Waals surface area contributed by atoms with Crippen LogP contribution in [0.1, 0.15) is 27.2 Å². The first-order valence-corrected chi connectivity index (χ1v) is 5.87. The third kappa shape index (κ3) is 5.16. The predicted octanol–water partition coefficient (Wildman–Crippen LogP) is 3.76. The maximum absolute atomic E-state index is 11.4. The minimum absolute atomic E-state index is 0.0571. The molecule has 0 atom stereocenters. The van der Waals surface area contributed by atoms with Crippen molar-refractivity contribution in [2.75, 3.05) is 5.48 Å². The van der Waals surface area contributed by atoms with Gasteiger partial charge in [0.05, 0.1) is 12.1 Å². The van der Waals surface area contributed by atoms with Crippen LogP contribution in [0.3, 0.4) is 0 Å². The lowest BCUT2D eigenvalue weighted by molar-refractivity contribution is -0.142. The van der Waals surface area contributed by atoms with E-state index in [1.807, 2.05) is 45.0 Å². The average Bonchev–Trinajstić information content (AvgIpc) is 2.14. The SMILES string of the molecule is CC(C)(C)CC(=O)ONc1ccc(Br)cc1. The van der Waals surface area contributed by atoms with Crippen molar-refractivity contribution in [3.8, 4) is 0 Å². The van der Waals surface area contributed by atoms with E-state index in [2.05, 4.69) is 21.4 Å². The van der Waals surface area contributed by atoms with Crippen LogP contribution in [0.25, 0.3) is 0 Å². The molecular formula is C12H16BrNO2. The number of hydrogen-bond donors (Lipinski definition) is 1. The largest absolute Gasteiger partial charge is 0.343 e. The molecule has 0 aliphatic heterocycles. The van der Waals surface area contributed by atoms with Gasteiger partial charge in [-0.05, 0) is 29.7 Å². The van der Waals surface area contributed by atoms with E-state index in [9.17, 15) is 4.79 Å². The van der Waals surface area contributed by atoms with Crippen molar-refractivity contribution >= 4 is 27.6 Å². The fraction of sp³-hybridized carbons (Fsp3) is 0.417. The quantitative estimate of drug-likeness (QED) is 0.860. The Labute approximate surface area is 104 Å². The molecule has 0 amide bonds. The van der Waals surface area contributed by atoms with Gasteiger partial charge in [0.25, 0.3) is 0 Å². The van der Waals surface area contributed by atoms with Crippen LogP contribution < -0.4 is 5.48 Å². The monoisotopic (exact) mass is 285 g/mol. The van der Waals surface area contributed by atoms with Crippen molar-refractivity contribution in [3.63, 3.8) is 0 Å². The molecule has 0 aliphatic carbocycles. The number of carbonyl (C=O) groups excluding carboxylic acids is 1. The summed E-state index contributed by atoms with van der Waals surface area (Å²) in [6, 6.07) is 7.41. The minimum atomic E-state index is -0.254. The summed E-state index contributed by atoms with van der Waals surface area (Å²) in [5, 5.41) is 0. The minimum Gasteiger partial charge on any atom is -0.343 e. The van der Waals surface area contributed by atoms with Crippen LogP contribution >= 0.6 is 15.9 Å². The van der Waals surface area contributed by atoms with E-state index in [1.165, 1.54) is 0 Å². The second kappa shape index (κ2) is 5.34. The lowest BCUT2D eigenvalue weighted by Gasteiger charge is -2.16. The van der Waals surface area contributed by atoms with Gasteiger partial charge >= 0.3 is 5.97 Å². The molecule has 1 N–H and O–H groups in total. The summed E-state index contributed by atoms with van der Waals surface area (Å²) in [7, 11) is 0. The van der Waals surface area contributed by atoms with Crippen LogP contribution in [0.2, 0.25) is 0 Å². The predicted molar refractivity (Wildman–Crippen MR) is 67.9 cm³/mol. The molecule has 4 heteroatoms. The van der Waals surface area contributed by atoms with Crippen molar-refractivity contribution in [1.29, 1.82) is 0 Å². The molecule has 0 bridgehead atoms. The summed E-state index contributed by atoms with van der Waals surface area (Å²) in [6.07, 6.45) is 0.385. The van der Waals surface area contributed by atoms with E-state index in [1.54, 1.807) is 0 Å². The molecule has 0 radical (unpaired) electrons. The Hall–Kier alpha value is -1.03. The van der Waals surface area contributed by atoms with Crippen LogP contribution in [-0.2, 0) is 9.63 Å². The third-order valence-electron chi connectivity index (χ3n) is 1.80. The highest BCUT2D eigenvalue weighted by Crippen LogP contribution is 2.19. The standard InChI is InChI=1S/C12H16BrNO2/c1-12(2,3)8-11(15)16-14-10-6-4-9(13)5-7-10/h4-7,14H,8H2,1-3H3. The van der Waals surface area contributed by atoms with Crippen LogP contribution in [-0.4, -0.2) is 5.97 Å². The van der Waals surface area contributed by atoms with E-state index in [0.29, 0.717) is 6.42 Å². The molecular weight excluding hydrogens is 270 g/mol. The van der Waals surface area contributed by atoms with E-state index < -0.39 is 0 Å². The second-order valence-electron chi connectivity index (χ2n) is 4.82. The van der Waals surface area contributed by atoms with Crippen molar-refractivity contribution in [2.45, 2.75) is 27.2 Å². The summed E-state index contributed by atoms with van der Waals surface area (Å²) in [4.78, 5) is 16.3. The van der Waals surface area contributed by atoms with Gasteiger partial charge in [0.2, 0.25) is 0 Å². The molecule has 0 aromatic heterocycles. The second-order valence-corrected chi connectivity index (χ2v) is 5.74. The highest BCUT2D eigenvalue weighted by atomic mass is 79.9. The Bertz CT molecular complexity index is 354. The number of carbonyl (C=O) groups is 1. The molecule has 0 fully saturated rings. The van der Waals surface area contributed by atoms with Gasteiger partial charge in [-0.25, -0.2) is 10.3 Å². The molecule has 0 aliphatic rings. The topological polar surface area (TPSA) is 38.3 Å². The molecule has 0 saturated carbocycles. The van der Waals surface area contributed by atoms with Gasteiger partial charge in [-0.15, -0.1) is 0 Å². The van der Waals surface area contributed by atoms with Gasteiger partial charge in [0.15, 0.2) is 0 Å². The molecule has 3 nitrogen and oxygen atoms in total. The molecule has 0 saturated heterocycles. The summed E-state index contributed by atoms with van der Waals surface area (Å²) < 4.78 is 0.985. The first-order chi connectivity index (χ1) is 7.37. The van der Waals surface area contributed by atoms with E-state index >= 15 is 0 Å². The Morgan fingerprint density at radius 1 is 1.31 bits per heavy atom. The summed E-state index contributed by atoms with van der Waals surface area (Å²) in [5.74, 6) is -0.254. The smallest absolute Gasteiger partial charge is 0.332 e. The first-order valence-electron chi connectivity index (χ1n) is 5.08. The normalized spacial score (nSPS) is 11.0. The highest BCUT2D eigenvalue weighted by molar-refractivity contribution is 9.10. The Morgan fingerprint density at radius 3 is 2.38 bits per heavy atom. The molecule has 16 heavy (non-hydrogen) atoms. The number of nitrogens with one attached hydrogen (secondary N) is 1. The fourth-order valence-electron chi connectivity index (χ4n) is 1.10. The Balaban J connectivity index is 2.40. The zero-order valence-electron chi connectivity index (χ0n) is 9.71. The molecule has 0 unspecified atom stereocenters. The van der Waals surface area contributed by atoms with Crippen molar-refractivity contribution in [3.05, 3.63) is 28.7 Å². The van der Waals surface area contributed by atoms with E-state index in [4.69, 9.17) is 4.84 Å². The van der Waals surface area contributed by atoms with Crippen LogP contribution in [0.15, 0.2) is 28.7 Å². The lowest BCUT2D eigenvalue weighted by atomic mass is 9.93. The van der Waals surface area contributed by atoms with Gasteiger partial charge in [-0.3, -0.25) is 0 Å². The maximum atomic E-state index is 11.4. The Kier molecular flexibility index (Phi) is 4.35. The zero-order chi connectivity index (χ0) is 12.2. The van der Waals surface area contributed by atoms with Crippen molar-refractivity contribution < 1.29 is 9.63 Å². The average molecular weight is 286 g/mol. The van der Waals surface area contributed by atoms with Crippen molar-refractivity contribution in [1.82, 2.24) is 0 Å². The summed E-state index contributed by atoms with van der Waals surface area (Å²) in [5.41, 5.74) is 3.32. The third-order valence-corrected chi connectivity index (χ3v) is 2.33.